The van der Waals surface area contributed by atoms with E-state index in [-0.39, 0.29) is 36.6 Å². The largest absolute Gasteiger partial charge is 0.373 e. The van der Waals surface area contributed by atoms with Gasteiger partial charge >= 0.3 is 0 Å². The number of ether oxygens (including phenoxy) is 1. The van der Waals surface area contributed by atoms with Gasteiger partial charge in [0.2, 0.25) is 5.91 Å². The molecule has 1 aromatic rings. The molecule has 0 saturated carbocycles. The number of halogens is 2. The third kappa shape index (κ3) is 4.74. The van der Waals surface area contributed by atoms with Crippen molar-refractivity contribution in [1.82, 2.24) is 10.2 Å². The number of benzene rings is 1. The highest BCUT2D eigenvalue weighted by atomic mass is 19.1. The average Bonchev–Trinajstić information content (AvgIpc) is 2.41. The Kier molecular flexibility index (Phi) is 5.47. The van der Waals surface area contributed by atoms with Gasteiger partial charge in [-0.2, -0.15) is 0 Å². The van der Waals surface area contributed by atoms with Crippen LogP contribution >= 0.6 is 0 Å². The maximum atomic E-state index is 13.5. The Morgan fingerprint density at radius 2 is 2.05 bits per heavy atom. The quantitative estimate of drug-likeness (QED) is 0.900. The van der Waals surface area contributed by atoms with Crippen molar-refractivity contribution in [3.8, 4) is 0 Å². The van der Waals surface area contributed by atoms with Crippen LogP contribution in [0.1, 0.15) is 19.4 Å². The number of rotatable bonds is 5. The van der Waals surface area contributed by atoms with Gasteiger partial charge in [0.1, 0.15) is 11.6 Å². The van der Waals surface area contributed by atoms with E-state index in [1.165, 1.54) is 18.2 Å². The second-order valence-corrected chi connectivity index (χ2v) is 6.12. The monoisotopic (exact) mass is 312 g/mol. The Labute approximate surface area is 129 Å². The van der Waals surface area contributed by atoms with E-state index in [1.807, 2.05) is 18.7 Å². The van der Waals surface area contributed by atoms with Crippen LogP contribution in [-0.2, 0) is 16.0 Å². The summed E-state index contributed by atoms with van der Waals surface area (Å²) >= 11 is 0. The molecule has 0 aromatic heterocycles. The Morgan fingerprint density at radius 1 is 1.36 bits per heavy atom. The molecule has 0 atom stereocenters. The summed E-state index contributed by atoms with van der Waals surface area (Å²) < 4.78 is 32.5. The molecule has 0 radical (unpaired) electrons. The Balaban J connectivity index is 1.76. The van der Waals surface area contributed by atoms with Gasteiger partial charge in [-0.25, -0.2) is 8.78 Å². The summed E-state index contributed by atoms with van der Waals surface area (Å²) in [7, 11) is 0. The molecule has 1 aliphatic heterocycles. The topological polar surface area (TPSA) is 41.6 Å². The van der Waals surface area contributed by atoms with Crippen LogP contribution in [-0.4, -0.2) is 49.2 Å². The van der Waals surface area contributed by atoms with Crippen molar-refractivity contribution >= 4 is 5.91 Å². The zero-order valence-corrected chi connectivity index (χ0v) is 13.0. The molecular formula is C16H22F2N2O2. The maximum absolute atomic E-state index is 13.5. The fourth-order valence-corrected chi connectivity index (χ4v) is 2.61. The van der Waals surface area contributed by atoms with Gasteiger partial charge in [0.15, 0.2) is 0 Å². The van der Waals surface area contributed by atoms with Crippen molar-refractivity contribution < 1.29 is 18.3 Å². The molecule has 1 saturated heterocycles. The highest BCUT2D eigenvalue weighted by Crippen LogP contribution is 2.16. The van der Waals surface area contributed by atoms with Gasteiger partial charge in [0, 0.05) is 25.2 Å². The van der Waals surface area contributed by atoms with Gasteiger partial charge in [-0.05, 0) is 32.4 Å². The summed E-state index contributed by atoms with van der Waals surface area (Å²) in [6.45, 7) is 6.44. The molecule has 1 amide bonds. The molecule has 0 unspecified atom stereocenters. The minimum absolute atomic E-state index is 0.00954. The standard InChI is InChI=1S/C16H22F2N2O2/c1-16(2)11-20(8-9-22-16)10-15(21)19-7-6-12-13(17)4-3-5-14(12)18/h3-5H,6-11H2,1-2H3,(H,19,21). The van der Waals surface area contributed by atoms with E-state index in [0.717, 1.165) is 0 Å². The smallest absolute Gasteiger partial charge is 0.234 e. The molecular weight excluding hydrogens is 290 g/mol. The molecule has 2 rings (SSSR count). The molecule has 1 aromatic carbocycles. The van der Waals surface area contributed by atoms with E-state index < -0.39 is 11.6 Å². The van der Waals surface area contributed by atoms with E-state index >= 15 is 0 Å². The highest BCUT2D eigenvalue weighted by Gasteiger charge is 2.27. The lowest BCUT2D eigenvalue weighted by Gasteiger charge is -2.37. The van der Waals surface area contributed by atoms with Crippen LogP contribution in [0.2, 0.25) is 0 Å². The van der Waals surface area contributed by atoms with Gasteiger partial charge in [0.25, 0.3) is 0 Å². The minimum atomic E-state index is -0.579. The van der Waals surface area contributed by atoms with E-state index in [9.17, 15) is 13.6 Å². The van der Waals surface area contributed by atoms with Crippen LogP contribution in [0.5, 0.6) is 0 Å². The number of carbonyl (C=O) groups excluding carboxylic acids is 1. The first-order valence-electron chi connectivity index (χ1n) is 7.43. The number of nitrogens with zero attached hydrogens (tertiary/aromatic N) is 1. The number of nitrogens with one attached hydrogen (secondary N) is 1. The zero-order chi connectivity index (χ0) is 16.2. The molecule has 122 valence electrons. The molecule has 0 bridgehead atoms. The zero-order valence-electron chi connectivity index (χ0n) is 13.0. The Morgan fingerprint density at radius 3 is 2.68 bits per heavy atom. The summed E-state index contributed by atoms with van der Waals surface area (Å²) in [5.41, 5.74) is -0.246. The highest BCUT2D eigenvalue weighted by molar-refractivity contribution is 5.78. The first-order chi connectivity index (χ1) is 10.4. The van der Waals surface area contributed by atoms with E-state index in [4.69, 9.17) is 4.74 Å². The van der Waals surface area contributed by atoms with Gasteiger partial charge < -0.3 is 10.1 Å². The van der Waals surface area contributed by atoms with Gasteiger partial charge in [-0.3, -0.25) is 9.69 Å². The van der Waals surface area contributed by atoms with Crippen LogP contribution < -0.4 is 5.32 Å². The summed E-state index contributed by atoms with van der Waals surface area (Å²) in [6, 6.07) is 3.76. The SMILES string of the molecule is CC1(C)CN(CC(=O)NCCc2c(F)cccc2F)CCO1. The van der Waals surface area contributed by atoms with Crippen LogP contribution in [0.25, 0.3) is 0 Å². The van der Waals surface area contributed by atoms with Gasteiger partial charge in [0.05, 0.1) is 18.8 Å². The fraction of sp³-hybridized carbons (Fsp3) is 0.562. The lowest BCUT2D eigenvalue weighted by molar-refractivity contribution is -0.127. The van der Waals surface area contributed by atoms with Crippen molar-refractivity contribution in [3.05, 3.63) is 35.4 Å². The molecule has 0 spiro atoms. The molecule has 6 heteroatoms. The molecule has 0 aliphatic carbocycles. The first kappa shape index (κ1) is 16.8. The summed E-state index contributed by atoms with van der Waals surface area (Å²) in [6.07, 6.45) is 0.138. The number of hydrogen-bond donors (Lipinski definition) is 1. The molecule has 1 N–H and O–H groups in total. The maximum Gasteiger partial charge on any atom is 0.234 e. The van der Waals surface area contributed by atoms with Crippen molar-refractivity contribution in [3.63, 3.8) is 0 Å². The molecule has 1 heterocycles. The molecule has 22 heavy (non-hydrogen) atoms. The van der Waals surface area contributed by atoms with Crippen LogP contribution in [0.3, 0.4) is 0 Å². The van der Waals surface area contributed by atoms with Crippen molar-refractivity contribution in [2.75, 3.05) is 32.8 Å². The second-order valence-electron chi connectivity index (χ2n) is 6.12. The lowest BCUT2D eigenvalue weighted by atomic mass is 10.1. The third-order valence-corrected chi connectivity index (χ3v) is 3.63. The number of amides is 1. The van der Waals surface area contributed by atoms with E-state index in [0.29, 0.717) is 19.7 Å². The number of morpholine rings is 1. The van der Waals surface area contributed by atoms with Crippen molar-refractivity contribution in [2.45, 2.75) is 25.9 Å². The lowest BCUT2D eigenvalue weighted by Crippen LogP contribution is -2.51. The van der Waals surface area contributed by atoms with Crippen LogP contribution in [0, 0.1) is 11.6 Å². The van der Waals surface area contributed by atoms with E-state index in [1.54, 1.807) is 0 Å². The third-order valence-electron chi connectivity index (χ3n) is 3.63. The average molecular weight is 312 g/mol. The Bertz CT molecular complexity index is 515. The van der Waals surface area contributed by atoms with Crippen molar-refractivity contribution in [2.24, 2.45) is 0 Å². The summed E-state index contributed by atoms with van der Waals surface area (Å²) in [5, 5.41) is 2.71. The number of hydrogen-bond acceptors (Lipinski definition) is 3. The number of carbonyl (C=O) groups is 1. The Hall–Kier alpha value is -1.53. The molecule has 1 aliphatic rings. The molecule has 4 nitrogen and oxygen atoms in total. The summed E-state index contributed by atoms with van der Waals surface area (Å²) in [5.74, 6) is -1.30. The predicted octanol–water partition coefficient (Wildman–Crippen LogP) is 1.73. The normalized spacial score (nSPS) is 18.2. The van der Waals surface area contributed by atoms with Gasteiger partial charge in [-0.15, -0.1) is 0 Å². The first-order valence-corrected chi connectivity index (χ1v) is 7.43. The van der Waals surface area contributed by atoms with Crippen LogP contribution in [0.4, 0.5) is 8.78 Å². The minimum Gasteiger partial charge on any atom is -0.373 e. The van der Waals surface area contributed by atoms with E-state index in [2.05, 4.69) is 5.32 Å². The predicted molar refractivity (Wildman–Crippen MR) is 79.5 cm³/mol. The van der Waals surface area contributed by atoms with Crippen molar-refractivity contribution in [1.29, 1.82) is 0 Å². The van der Waals surface area contributed by atoms with Crippen LogP contribution in [0.15, 0.2) is 18.2 Å². The summed E-state index contributed by atoms with van der Waals surface area (Å²) in [4.78, 5) is 13.9. The fourth-order valence-electron chi connectivity index (χ4n) is 2.61. The second kappa shape index (κ2) is 7.15. The molecule has 1 fully saturated rings. The van der Waals surface area contributed by atoms with Gasteiger partial charge in [-0.1, -0.05) is 6.07 Å².